The van der Waals surface area contributed by atoms with E-state index >= 15 is 0 Å². The summed E-state index contributed by atoms with van der Waals surface area (Å²) in [5, 5.41) is 68.1. The van der Waals surface area contributed by atoms with Gasteiger partial charge in [-0.3, -0.25) is 0 Å². The largest absolute Gasteiger partial charge is 0.394 e. The van der Waals surface area contributed by atoms with Crippen LogP contribution in [0.4, 0.5) is 0 Å². The molecular weight excluding hydrogens is 318 g/mol. The lowest BCUT2D eigenvalue weighted by Gasteiger charge is -2.43. The highest BCUT2D eigenvalue weighted by Crippen LogP contribution is 2.35. The van der Waals surface area contributed by atoms with Crippen LogP contribution in [0.25, 0.3) is 0 Å². The zero-order valence-corrected chi connectivity index (χ0v) is 12.2. The fraction of sp³-hybridized carbons (Fsp3) is 1.00. The molecule has 9 N–H and O–H groups in total. The fourth-order valence-electron chi connectivity index (χ4n) is 2.74. The zero-order valence-electron chi connectivity index (χ0n) is 12.2. The van der Waals surface area contributed by atoms with Crippen LogP contribution >= 0.6 is 0 Å². The summed E-state index contributed by atoms with van der Waals surface area (Å²) in [4.78, 5) is 0. The van der Waals surface area contributed by atoms with Crippen molar-refractivity contribution in [1.29, 1.82) is 0 Å². The lowest BCUT2D eigenvalue weighted by molar-refractivity contribution is -0.365. The third-order valence-electron chi connectivity index (χ3n) is 4.14. The van der Waals surface area contributed by atoms with E-state index in [1.165, 1.54) is 0 Å². The van der Waals surface area contributed by atoms with Crippen molar-refractivity contribution in [3.8, 4) is 0 Å². The Morgan fingerprint density at radius 3 is 2.09 bits per heavy atom. The maximum atomic E-state index is 10.1. The average molecular weight is 341 g/mol. The Morgan fingerprint density at radius 1 is 0.957 bits per heavy atom. The molecule has 0 saturated carbocycles. The Labute approximate surface area is 131 Å². The second-order valence-electron chi connectivity index (χ2n) is 5.61. The van der Waals surface area contributed by atoms with Crippen LogP contribution in [0.1, 0.15) is 0 Å². The highest BCUT2D eigenvalue weighted by molar-refractivity contribution is 4.99. The topological polar surface area (TPSA) is 195 Å². The average Bonchev–Trinajstić information content (AvgIpc) is 2.80. The van der Waals surface area contributed by atoms with E-state index in [9.17, 15) is 30.6 Å². The molecule has 0 aliphatic carbocycles. The third kappa shape index (κ3) is 3.23. The van der Waals surface area contributed by atoms with E-state index in [0.717, 1.165) is 0 Å². The maximum Gasteiger partial charge on any atom is 0.222 e. The minimum absolute atomic E-state index is 0.176. The van der Waals surface area contributed by atoms with Gasteiger partial charge in [-0.2, -0.15) is 0 Å². The smallest absolute Gasteiger partial charge is 0.222 e. The Kier molecular flexibility index (Phi) is 5.92. The summed E-state index contributed by atoms with van der Waals surface area (Å²) in [6.45, 7) is -1.75. The second-order valence-corrected chi connectivity index (χ2v) is 5.61. The van der Waals surface area contributed by atoms with Crippen molar-refractivity contribution >= 4 is 0 Å². The number of nitrogens with two attached hydrogens (primary N) is 1. The lowest BCUT2D eigenvalue weighted by atomic mass is 9.98. The van der Waals surface area contributed by atoms with Crippen LogP contribution in [-0.2, 0) is 14.2 Å². The van der Waals surface area contributed by atoms with Crippen molar-refractivity contribution in [1.82, 2.24) is 0 Å². The van der Waals surface area contributed by atoms with Gasteiger partial charge in [-0.15, -0.1) is 0 Å². The summed E-state index contributed by atoms with van der Waals surface area (Å²) in [5.41, 5.74) is 5.38. The molecule has 0 aromatic heterocycles. The number of hydrogen-bond acceptors (Lipinski definition) is 11. The van der Waals surface area contributed by atoms with Gasteiger partial charge in [0.2, 0.25) is 5.79 Å². The van der Waals surface area contributed by atoms with Gasteiger partial charge in [-0.1, -0.05) is 0 Å². The molecule has 11 heteroatoms. The zero-order chi connectivity index (χ0) is 17.4. The molecule has 2 saturated heterocycles. The molecular formula is C12H23NO10. The molecule has 2 fully saturated rings. The van der Waals surface area contributed by atoms with Gasteiger partial charge in [0.15, 0.2) is 6.29 Å². The number of hydrogen-bond donors (Lipinski definition) is 8. The van der Waals surface area contributed by atoms with Gasteiger partial charge in [0, 0.05) is 6.54 Å². The molecule has 0 radical (unpaired) electrons. The summed E-state index contributed by atoms with van der Waals surface area (Å²) in [6, 6.07) is 0. The Balaban J connectivity index is 2.18. The molecule has 9 atom stereocenters. The minimum atomic E-state index is -2.16. The quantitative estimate of drug-likeness (QED) is 0.238. The molecule has 2 aliphatic heterocycles. The Bertz CT molecular complexity index is 400. The number of aliphatic hydroxyl groups excluding tert-OH is 7. The van der Waals surface area contributed by atoms with E-state index in [-0.39, 0.29) is 6.54 Å². The SMILES string of the molecule is NC[C@H]1O[C@@](CO)(O[C@@H]2[C@@H](O)[C@H](O)[C@@H](CO)O[C@@H]2O)[C@@H](O)[C@@H]1O. The fourth-order valence-corrected chi connectivity index (χ4v) is 2.74. The van der Waals surface area contributed by atoms with Gasteiger partial charge in [-0.25, -0.2) is 0 Å². The predicted molar refractivity (Wildman–Crippen MR) is 70.6 cm³/mol. The first-order chi connectivity index (χ1) is 10.8. The van der Waals surface area contributed by atoms with Crippen LogP contribution in [0.3, 0.4) is 0 Å². The highest BCUT2D eigenvalue weighted by Gasteiger charge is 2.58. The molecule has 0 bridgehead atoms. The van der Waals surface area contributed by atoms with Crippen molar-refractivity contribution in [3.05, 3.63) is 0 Å². The molecule has 0 spiro atoms. The van der Waals surface area contributed by atoms with Crippen molar-refractivity contribution in [2.24, 2.45) is 5.73 Å². The van der Waals surface area contributed by atoms with Crippen molar-refractivity contribution in [2.75, 3.05) is 19.8 Å². The maximum absolute atomic E-state index is 10.1. The molecule has 0 aromatic carbocycles. The first-order valence-electron chi connectivity index (χ1n) is 7.14. The summed E-state index contributed by atoms with van der Waals surface area (Å²) >= 11 is 0. The van der Waals surface area contributed by atoms with Gasteiger partial charge in [0.25, 0.3) is 0 Å². The van der Waals surface area contributed by atoms with E-state index in [1.54, 1.807) is 0 Å². The van der Waals surface area contributed by atoms with Crippen molar-refractivity contribution in [2.45, 2.75) is 54.8 Å². The Hall–Kier alpha value is -0.440. The molecule has 0 amide bonds. The van der Waals surface area contributed by atoms with Gasteiger partial charge < -0.3 is 55.7 Å². The molecule has 0 aromatic rings. The summed E-state index contributed by atoms with van der Waals surface area (Å²) < 4.78 is 15.5. The van der Waals surface area contributed by atoms with Crippen LogP contribution in [0, 0.1) is 0 Å². The van der Waals surface area contributed by atoms with E-state index in [0.29, 0.717) is 0 Å². The highest BCUT2D eigenvalue weighted by atomic mass is 16.8. The van der Waals surface area contributed by atoms with Crippen LogP contribution in [0.5, 0.6) is 0 Å². The van der Waals surface area contributed by atoms with Crippen LogP contribution in [0.2, 0.25) is 0 Å². The molecule has 23 heavy (non-hydrogen) atoms. The van der Waals surface area contributed by atoms with Crippen molar-refractivity contribution < 1.29 is 50.0 Å². The van der Waals surface area contributed by atoms with Gasteiger partial charge >= 0.3 is 0 Å². The normalized spacial score (nSPS) is 51.1. The van der Waals surface area contributed by atoms with Crippen molar-refractivity contribution in [3.63, 3.8) is 0 Å². The van der Waals surface area contributed by atoms with Crippen LogP contribution in [-0.4, -0.2) is 110 Å². The van der Waals surface area contributed by atoms with E-state index in [4.69, 9.17) is 25.1 Å². The monoisotopic (exact) mass is 341 g/mol. The van der Waals surface area contributed by atoms with Crippen LogP contribution in [0.15, 0.2) is 0 Å². The summed E-state index contributed by atoms with van der Waals surface area (Å²) in [5.74, 6) is -2.16. The number of rotatable bonds is 5. The van der Waals surface area contributed by atoms with E-state index in [1.807, 2.05) is 0 Å². The van der Waals surface area contributed by atoms with Gasteiger partial charge in [0.1, 0.15) is 49.3 Å². The molecule has 0 unspecified atom stereocenters. The molecule has 2 rings (SSSR count). The standard InChI is InChI=1S/C12H23NO10/c13-1-4-7(17)10(19)12(3-15,22-4)23-9-8(18)6(16)5(2-14)21-11(9)20/h4-11,14-20H,1-3,13H2/t4-,5-,6-,7-,8+,9-,10+,11+,12+/m1/s1. The first kappa shape index (κ1) is 18.9. The second kappa shape index (κ2) is 7.21. The minimum Gasteiger partial charge on any atom is -0.394 e. The predicted octanol–water partition coefficient (Wildman–Crippen LogP) is -5.43. The van der Waals surface area contributed by atoms with Crippen LogP contribution < -0.4 is 5.73 Å². The Morgan fingerprint density at radius 2 is 1.61 bits per heavy atom. The third-order valence-corrected chi connectivity index (χ3v) is 4.14. The number of ether oxygens (including phenoxy) is 3. The molecule has 136 valence electrons. The molecule has 2 aliphatic rings. The first-order valence-corrected chi connectivity index (χ1v) is 7.14. The van der Waals surface area contributed by atoms with Gasteiger partial charge in [0.05, 0.1) is 6.61 Å². The summed E-state index contributed by atoms with van der Waals surface area (Å²) in [7, 11) is 0. The van der Waals surface area contributed by atoms with Gasteiger partial charge in [-0.05, 0) is 0 Å². The molecule has 2 heterocycles. The summed E-state index contributed by atoms with van der Waals surface area (Å²) in [6.07, 6.45) is -12.1. The lowest BCUT2D eigenvalue weighted by Crippen LogP contribution is -2.63. The number of aliphatic hydroxyl groups is 7. The molecule has 11 nitrogen and oxygen atoms in total. The van der Waals surface area contributed by atoms with E-state index < -0.39 is 68.0 Å². The van der Waals surface area contributed by atoms with E-state index in [2.05, 4.69) is 0 Å².